The number of H-pyrrole nitrogens is 1. The summed E-state index contributed by atoms with van der Waals surface area (Å²) in [6.07, 6.45) is 13.0. The lowest BCUT2D eigenvalue weighted by atomic mass is 10.1. The van der Waals surface area contributed by atoms with Crippen molar-refractivity contribution in [2.75, 3.05) is 0 Å². The van der Waals surface area contributed by atoms with Crippen LogP contribution in [0, 0.1) is 5.82 Å². The Kier molecular flexibility index (Phi) is 5.34. The molecule has 0 aliphatic heterocycles. The molecule has 26 heavy (non-hydrogen) atoms. The molecule has 1 N–H and O–H groups in total. The maximum atomic E-state index is 13.0. The number of aromatic nitrogens is 4. The fourth-order valence-corrected chi connectivity index (χ4v) is 2.24. The van der Waals surface area contributed by atoms with E-state index in [9.17, 15) is 4.39 Å². The lowest BCUT2D eigenvalue weighted by molar-refractivity contribution is 0.581. The first kappa shape index (κ1) is 17.3. The van der Waals surface area contributed by atoms with Crippen LogP contribution in [0.15, 0.2) is 77.4 Å². The lowest BCUT2D eigenvalue weighted by Gasteiger charge is -1.95. The maximum absolute atomic E-state index is 13.0. The molecule has 2 aromatic heterocycles. The second-order valence-corrected chi connectivity index (χ2v) is 5.34. The predicted molar refractivity (Wildman–Crippen MR) is 99.4 cm³/mol. The van der Waals surface area contributed by atoms with Gasteiger partial charge in [0, 0.05) is 11.1 Å². The molecule has 0 saturated carbocycles. The highest BCUT2D eigenvalue weighted by Crippen LogP contribution is 2.25. The van der Waals surface area contributed by atoms with Gasteiger partial charge in [-0.25, -0.2) is 4.39 Å². The third-order valence-electron chi connectivity index (χ3n) is 3.61. The van der Waals surface area contributed by atoms with Crippen LogP contribution >= 0.6 is 0 Å². The van der Waals surface area contributed by atoms with Crippen LogP contribution in [-0.4, -0.2) is 20.4 Å². The number of rotatable bonds is 6. The summed E-state index contributed by atoms with van der Waals surface area (Å²) in [5, 5.41) is 15.0. The Hall–Kier alpha value is -3.54. The highest BCUT2D eigenvalue weighted by molar-refractivity contribution is 5.68. The van der Waals surface area contributed by atoms with E-state index in [4.69, 9.17) is 4.42 Å². The van der Waals surface area contributed by atoms with Crippen LogP contribution in [0.1, 0.15) is 12.5 Å². The number of allylic oxidation sites excluding steroid dienone is 6. The van der Waals surface area contributed by atoms with Crippen LogP contribution in [0.25, 0.3) is 29.1 Å². The van der Waals surface area contributed by atoms with E-state index in [0.29, 0.717) is 23.0 Å². The Bertz CT molecular complexity index is 977. The highest BCUT2D eigenvalue weighted by atomic mass is 19.1. The minimum atomic E-state index is -0.320. The van der Waals surface area contributed by atoms with Crippen molar-refractivity contribution in [2.24, 2.45) is 0 Å². The second kappa shape index (κ2) is 8.02. The number of halogens is 1. The van der Waals surface area contributed by atoms with E-state index >= 15 is 0 Å². The molecular formula is C20H17FN4O. The molecule has 0 aliphatic carbocycles. The summed E-state index contributed by atoms with van der Waals surface area (Å²) in [6.45, 7) is 5.62. The number of hydrogen-bond acceptors (Lipinski definition) is 4. The number of hydrogen-bond donors (Lipinski definition) is 1. The fourth-order valence-electron chi connectivity index (χ4n) is 2.24. The first-order valence-electron chi connectivity index (χ1n) is 7.98. The van der Waals surface area contributed by atoms with Gasteiger partial charge < -0.3 is 4.42 Å². The molecule has 130 valence electrons. The van der Waals surface area contributed by atoms with Gasteiger partial charge in [0.2, 0.25) is 5.89 Å². The van der Waals surface area contributed by atoms with Gasteiger partial charge in [0.15, 0.2) is 0 Å². The Morgan fingerprint density at radius 3 is 2.65 bits per heavy atom. The third-order valence-corrected chi connectivity index (χ3v) is 3.61. The average Bonchev–Trinajstić information content (AvgIpc) is 3.31. The molecule has 3 aromatic rings. The molecule has 0 atom stereocenters. The van der Waals surface area contributed by atoms with Crippen LogP contribution in [0.4, 0.5) is 4.39 Å². The SMILES string of the molecule is C=C\C=C/C(/C=C/c1cn[nH]c1-c1nnc(-c2ccc(F)cc2)o1)=C\C. The van der Waals surface area contributed by atoms with Crippen molar-refractivity contribution in [1.82, 2.24) is 20.4 Å². The minimum absolute atomic E-state index is 0.310. The van der Waals surface area contributed by atoms with Crippen molar-refractivity contribution in [2.45, 2.75) is 6.92 Å². The Morgan fingerprint density at radius 1 is 1.15 bits per heavy atom. The smallest absolute Gasteiger partial charge is 0.266 e. The summed E-state index contributed by atoms with van der Waals surface area (Å²) in [7, 11) is 0. The van der Waals surface area contributed by atoms with E-state index < -0.39 is 0 Å². The van der Waals surface area contributed by atoms with Gasteiger partial charge in [-0.2, -0.15) is 5.10 Å². The molecule has 0 aliphatic rings. The number of benzene rings is 1. The first-order valence-corrected chi connectivity index (χ1v) is 7.98. The molecule has 0 amide bonds. The molecule has 0 unspecified atom stereocenters. The maximum Gasteiger partial charge on any atom is 0.266 e. The number of nitrogens with one attached hydrogen (secondary N) is 1. The van der Waals surface area contributed by atoms with Gasteiger partial charge in [0.25, 0.3) is 5.89 Å². The van der Waals surface area contributed by atoms with Crippen molar-refractivity contribution in [1.29, 1.82) is 0 Å². The van der Waals surface area contributed by atoms with Crippen molar-refractivity contribution in [3.63, 3.8) is 0 Å². The molecular weight excluding hydrogens is 331 g/mol. The molecule has 6 heteroatoms. The quantitative estimate of drug-likeness (QED) is 0.639. The van der Waals surface area contributed by atoms with E-state index in [0.717, 1.165) is 11.1 Å². The Labute approximate surface area is 150 Å². The van der Waals surface area contributed by atoms with Crippen molar-refractivity contribution in [3.8, 4) is 23.0 Å². The van der Waals surface area contributed by atoms with Gasteiger partial charge >= 0.3 is 0 Å². The zero-order valence-electron chi connectivity index (χ0n) is 14.2. The summed E-state index contributed by atoms with van der Waals surface area (Å²) in [6, 6.07) is 5.87. The Morgan fingerprint density at radius 2 is 1.92 bits per heavy atom. The molecule has 3 rings (SSSR count). The number of aromatic amines is 1. The average molecular weight is 348 g/mol. The summed E-state index contributed by atoms with van der Waals surface area (Å²) >= 11 is 0. The third kappa shape index (κ3) is 3.92. The zero-order valence-corrected chi connectivity index (χ0v) is 14.2. The molecule has 0 fully saturated rings. The van der Waals surface area contributed by atoms with Gasteiger partial charge in [-0.3, -0.25) is 5.10 Å². The van der Waals surface area contributed by atoms with Crippen LogP contribution in [-0.2, 0) is 0 Å². The van der Waals surface area contributed by atoms with E-state index in [1.165, 1.54) is 12.1 Å². The molecule has 0 saturated heterocycles. The molecule has 2 heterocycles. The lowest BCUT2D eigenvalue weighted by Crippen LogP contribution is -1.81. The van der Waals surface area contributed by atoms with Gasteiger partial charge in [-0.05, 0) is 36.8 Å². The van der Waals surface area contributed by atoms with E-state index in [1.54, 1.807) is 24.4 Å². The molecule has 0 bridgehead atoms. The monoisotopic (exact) mass is 348 g/mol. The predicted octanol–water partition coefficient (Wildman–Crippen LogP) is 4.97. The van der Waals surface area contributed by atoms with E-state index in [-0.39, 0.29) is 5.82 Å². The summed E-state index contributed by atoms with van der Waals surface area (Å²) in [4.78, 5) is 0. The van der Waals surface area contributed by atoms with E-state index in [2.05, 4.69) is 27.0 Å². The minimum Gasteiger partial charge on any atom is -0.415 e. The summed E-state index contributed by atoms with van der Waals surface area (Å²) in [5.41, 5.74) is 3.10. The topological polar surface area (TPSA) is 67.6 Å². The highest BCUT2D eigenvalue weighted by Gasteiger charge is 2.14. The normalized spacial score (nSPS) is 12.3. The summed E-state index contributed by atoms with van der Waals surface area (Å²) < 4.78 is 18.7. The zero-order chi connectivity index (χ0) is 18.4. The van der Waals surface area contributed by atoms with Crippen molar-refractivity contribution in [3.05, 3.63) is 84.4 Å². The van der Waals surface area contributed by atoms with E-state index in [1.807, 2.05) is 37.3 Å². The van der Waals surface area contributed by atoms with Crippen LogP contribution < -0.4 is 0 Å². The second-order valence-electron chi connectivity index (χ2n) is 5.34. The summed E-state index contributed by atoms with van der Waals surface area (Å²) in [5.74, 6) is 0.303. The standard InChI is InChI=1S/C20H17FN4O/c1-3-5-6-14(4-2)7-8-16-13-22-23-18(16)20-25-24-19(26-20)15-9-11-17(21)12-10-15/h3-13H,1H2,2H3,(H,22,23)/b6-5-,8-7+,14-4+. The van der Waals surface area contributed by atoms with Gasteiger partial charge in [0.1, 0.15) is 11.5 Å². The van der Waals surface area contributed by atoms with Crippen molar-refractivity contribution < 1.29 is 8.81 Å². The Balaban J connectivity index is 1.86. The largest absolute Gasteiger partial charge is 0.415 e. The van der Waals surface area contributed by atoms with Crippen LogP contribution in [0.5, 0.6) is 0 Å². The molecule has 5 nitrogen and oxygen atoms in total. The molecule has 0 spiro atoms. The van der Waals surface area contributed by atoms with Crippen molar-refractivity contribution >= 4 is 6.08 Å². The van der Waals surface area contributed by atoms with Crippen LogP contribution in [0.2, 0.25) is 0 Å². The fraction of sp³-hybridized carbons (Fsp3) is 0.0500. The molecule has 0 radical (unpaired) electrons. The van der Waals surface area contributed by atoms with Gasteiger partial charge in [0.05, 0.1) is 6.20 Å². The van der Waals surface area contributed by atoms with Crippen LogP contribution in [0.3, 0.4) is 0 Å². The number of nitrogens with zero attached hydrogens (tertiary/aromatic N) is 3. The van der Waals surface area contributed by atoms with Gasteiger partial charge in [-0.1, -0.05) is 43.0 Å². The van der Waals surface area contributed by atoms with Gasteiger partial charge in [-0.15, -0.1) is 10.2 Å². The first-order chi connectivity index (χ1) is 12.7. The molecule has 1 aromatic carbocycles.